The number of nitrogens with one attached hydrogen (secondary N) is 1. The maximum atomic E-state index is 6.29. The fraction of sp³-hybridized carbons (Fsp3) is 0.647. The van der Waals surface area contributed by atoms with E-state index in [4.69, 9.17) is 9.47 Å². The van der Waals surface area contributed by atoms with Crippen LogP contribution < -0.4 is 14.8 Å². The third-order valence-corrected chi connectivity index (χ3v) is 7.03. The van der Waals surface area contributed by atoms with Crippen LogP contribution in [0.3, 0.4) is 0 Å². The Bertz CT molecular complexity index is 838. The molecular weight excluding hydrogens is 454 g/mol. The van der Waals surface area contributed by atoms with Crippen molar-refractivity contribution in [3.63, 3.8) is 0 Å². The van der Waals surface area contributed by atoms with Crippen LogP contribution in [0, 0.1) is 0 Å². The predicted octanol–water partition coefficient (Wildman–Crippen LogP) is 9.75. The van der Waals surface area contributed by atoms with E-state index in [0.717, 1.165) is 50.6 Å². The minimum Gasteiger partial charge on any atom is -0.493 e. The highest BCUT2D eigenvalue weighted by molar-refractivity contribution is 5.41. The largest absolute Gasteiger partial charge is 0.493 e. The molecule has 0 fully saturated rings. The lowest BCUT2D eigenvalue weighted by molar-refractivity contribution is 0.287. The lowest BCUT2D eigenvalue weighted by Crippen LogP contribution is -2.15. The van der Waals surface area contributed by atoms with Gasteiger partial charge in [-0.25, -0.2) is 0 Å². The van der Waals surface area contributed by atoms with E-state index in [-0.39, 0.29) is 5.41 Å². The van der Waals surface area contributed by atoms with E-state index < -0.39 is 0 Å². The van der Waals surface area contributed by atoms with Gasteiger partial charge >= 0.3 is 0 Å². The van der Waals surface area contributed by atoms with Gasteiger partial charge in [0.15, 0.2) is 0 Å². The number of benzene rings is 2. The third kappa shape index (κ3) is 13.4. The summed E-state index contributed by atoms with van der Waals surface area (Å²) in [6.07, 6.45) is 15.3. The van der Waals surface area contributed by atoms with Crippen LogP contribution in [0.1, 0.15) is 128 Å². The van der Waals surface area contributed by atoms with E-state index >= 15 is 0 Å². The van der Waals surface area contributed by atoms with E-state index in [0.29, 0.717) is 0 Å². The molecule has 0 heterocycles. The summed E-state index contributed by atoms with van der Waals surface area (Å²) >= 11 is 0. The molecule has 0 aliphatic heterocycles. The fourth-order valence-electron chi connectivity index (χ4n) is 4.51. The highest BCUT2D eigenvalue weighted by Crippen LogP contribution is 2.26. The topological polar surface area (TPSA) is 30.5 Å². The van der Waals surface area contributed by atoms with E-state index in [2.05, 4.69) is 82.4 Å². The number of ether oxygens (including phenoxy) is 2. The Hall–Kier alpha value is -2.00. The first-order valence-electron chi connectivity index (χ1n) is 15.1. The molecule has 2 aromatic carbocycles. The molecule has 0 atom stereocenters. The van der Waals surface area contributed by atoms with E-state index in [9.17, 15) is 0 Å². The van der Waals surface area contributed by atoms with Crippen LogP contribution in [0.25, 0.3) is 0 Å². The molecule has 3 heteroatoms. The second kappa shape index (κ2) is 18.3. The van der Waals surface area contributed by atoms with E-state index in [1.54, 1.807) is 0 Å². The molecule has 0 bridgehead atoms. The van der Waals surface area contributed by atoms with Gasteiger partial charge in [-0.3, -0.25) is 0 Å². The van der Waals surface area contributed by atoms with Gasteiger partial charge in [0.25, 0.3) is 0 Å². The summed E-state index contributed by atoms with van der Waals surface area (Å²) in [5, 5.41) is 3.62. The molecule has 1 N–H and O–H groups in total. The molecule has 0 aliphatic carbocycles. The van der Waals surface area contributed by atoms with Gasteiger partial charge in [-0.1, -0.05) is 129 Å². The summed E-state index contributed by atoms with van der Waals surface area (Å²) in [6, 6.07) is 15.4. The molecule has 0 amide bonds. The summed E-state index contributed by atoms with van der Waals surface area (Å²) in [5.41, 5.74) is 4.07. The van der Waals surface area contributed by atoms with Crippen molar-refractivity contribution in [1.82, 2.24) is 5.32 Å². The van der Waals surface area contributed by atoms with Crippen molar-refractivity contribution in [3.8, 4) is 11.5 Å². The van der Waals surface area contributed by atoms with Crippen molar-refractivity contribution in [3.05, 3.63) is 59.2 Å². The molecule has 0 aliphatic rings. The second-order valence-electron chi connectivity index (χ2n) is 11.6. The van der Waals surface area contributed by atoms with E-state index in [1.165, 1.54) is 80.9 Å². The van der Waals surface area contributed by atoms with Crippen molar-refractivity contribution in [2.75, 3.05) is 13.2 Å². The summed E-state index contributed by atoms with van der Waals surface area (Å²) < 4.78 is 12.4. The van der Waals surface area contributed by atoms with Gasteiger partial charge in [-0.2, -0.15) is 0 Å². The lowest BCUT2D eigenvalue weighted by Gasteiger charge is -2.19. The first-order chi connectivity index (χ1) is 17.9. The van der Waals surface area contributed by atoms with Gasteiger partial charge in [-0.15, -0.1) is 0 Å². The van der Waals surface area contributed by atoms with Crippen molar-refractivity contribution < 1.29 is 9.47 Å². The maximum Gasteiger partial charge on any atom is 0.127 e. The summed E-state index contributed by atoms with van der Waals surface area (Å²) in [7, 11) is 0. The van der Waals surface area contributed by atoms with Gasteiger partial charge in [0, 0.05) is 24.7 Å². The summed E-state index contributed by atoms with van der Waals surface area (Å²) in [5.74, 6) is 1.89. The first-order valence-corrected chi connectivity index (χ1v) is 15.1. The van der Waals surface area contributed by atoms with Gasteiger partial charge in [0.2, 0.25) is 0 Å². The van der Waals surface area contributed by atoms with Crippen LogP contribution in [0.5, 0.6) is 11.5 Å². The highest BCUT2D eigenvalue weighted by Gasteiger charge is 2.13. The third-order valence-electron chi connectivity index (χ3n) is 7.03. The Morgan fingerprint density at radius 3 is 1.78 bits per heavy atom. The molecular formula is C34H55NO2. The fourth-order valence-corrected chi connectivity index (χ4v) is 4.51. The minimum absolute atomic E-state index is 0.188. The van der Waals surface area contributed by atoms with Crippen LogP contribution in [-0.4, -0.2) is 13.2 Å². The monoisotopic (exact) mass is 509 g/mol. The lowest BCUT2D eigenvalue weighted by atomic mass is 9.87. The Balaban J connectivity index is 1.88. The van der Waals surface area contributed by atoms with Crippen molar-refractivity contribution in [1.29, 1.82) is 0 Å². The molecule has 208 valence electrons. The van der Waals surface area contributed by atoms with Crippen LogP contribution in [0.2, 0.25) is 0 Å². The number of unbranched alkanes of at least 4 members (excludes halogenated alkanes) is 10. The van der Waals surface area contributed by atoms with Crippen molar-refractivity contribution >= 4 is 0 Å². The Morgan fingerprint density at radius 1 is 0.622 bits per heavy atom. The average molecular weight is 510 g/mol. The molecule has 0 aromatic heterocycles. The Labute approximate surface area is 228 Å². The smallest absolute Gasteiger partial charge is 0.127 e. The standard InChI is InChI=1S/C34H55NO2/c1-6-8-10-12-14-16-24-36-32-23-20-30(33(26-32)37-25-17-15-13-11-9-7-2)28-35-27-29-18-21-31(22-19-29)34(3,4)5/h18-23,26,35H,6-17,24-25,27-28H2,1-5H3. The molecule has 0 radical (unpaired) electrons. The first kappa shape index (κ1) is 31.2. The highest BCUT2D eigenvalue weighted by atomic mass is 16.5. The molecule has 0 saturated heterocycles. The van der Waals surface area contributed by atoms with Gasteiger partial charge < -0.3 is 14.8 Å². The summed E-state index contributed by atoms with van der Waals surface area (Å²) in [6.45, 7) is 14.5. The normalized spacial score (nSPS) is 11.6. The molecule has 3 nitrogen and oxygen atoms in total. The molecule has 2 aromatic rings. The molecule has 0 saturated carbocycles. The van der Waals surface area contributed by atoms with Crippen molar-refractivity contribution in [2.45, 2.75) is 130 Å². The minimum atomic E-state index is 0.188. The SMILES string of the molecule is CCCCCCCCOc1ccc(CNCc2ccc(C(C)(C)C)cc2)c(OCCCCCCCC)c1. The van der Waals surface area contributed by atoms with Gasteiger partial charge in [-0.05, 0) is 35.4 Å². The zero-order valence-electron chi connectivity index (χ0n) is 24.7. The summed E-state index contributed by atoms with van der Waals surface area (Å²) in [4.78, 5) is 0. The zero-order chi connectivity index (χ0) is 26.8. The van der Waals surface area contributed by atoms with Crippen LogP contribution in [-0.2, 0) is 18.5 Å². The number of hydrogen-bond acceptors (Lipinski definition) is 3. The molecule has 0 spiro atoms. The molecule has 37 heavy (non-hydrogen) atoms. The predicted molar refractivity (Wildman–Crippen MR) is 160 cm³/mol. The second-order valence-corrected chi connectivity index (χ2v) is 11.6. The van der Waals surface area contributed by atoms with Gasteiger partial charge in [0.1, 0.15) is 11.5 Å². The van der Waals surface area contributed by atoms with Gasteiger partial charge in [0.05, 0.1) is 13.2 Å². The average Bonchev–Trinajstić information content (AvgIpc) is 2.88. The van der Waals surface area contributed by atoms with E-state index in [1.807, 2.05) is 0 Å². The maximum absolute atomic E-state index is 6.29. The van der Waals surface area contributed by atoms with Crippen LogP contribution >= 0.6 is 0 Å². The Kier molecular flexibility index (Phi) is 15.4. The molecule has 0 unspecified atom stereocenters. The molecule has 2 rings (SSSR count). The quantitative estimate of drug-likeness (QED) is 0.180. The van der Waals surface area contributed by atoms with Crippen LogP contribution in [0.4, 0.5) is 0 Å². The number of hydrogen-bond donors (Lipinski definition) is 1. The zero-order valence-corrected chi connectivity index (χ0v) is 24.7. The van der Waals surface area contributed by atoms with Crippen LogP contribution in [0.15, 0.2) is 42.5 Å². The number of rotatable bonds is 20. The Morgan fingerprint density at radius 2 is 1.19 bits per heavy atom. The van der Waals surface area contributed by atoms with Crippen molar-refractivity contribution in [2.24, 2.45) is 0 Å².